The van der Waals surface area contributed by atoms with Crippen LogP contribution in [-0.2, 0) is 19.6 Å². The second-order valence-electron chi connectivity index (χ2n) is 5.55. The van der Waals surface area contributed by atoms with Gasteiger partial charge in [0, 0.05) is 10.0 Å². The summed E-state index contributed by atoms with van der Waals surface area (Å²) in [4.78, 5) is 11.7. The number of sulfonamides is 1. The van der Waals surface area contributed by atoms with Gasteiger partial charge >= 0.3 is 5.97 Å². The fraction of sp³-hybridized carbons (Fsp3) is 0.462. The van der Waals surface area contributed by atoms with Gasteiger partial charge in [0.15, 0.2) is 0 Å². The Kier molecular flexibility index (Phi) is 5.66. The molecule has 1 rings (SSSR count). The molecule has 8 heteroatoms. The number of benzene rings is 1. The van der Waals surface area contributed by atoms with Crippen LogP contribution in [0.15, 0.2) is 23.1 Å². The summed E-state index contributed by atoms with van der Waals surface area (Å²) in [7, 11) is -2.76. The lowest BCUT2D eigenvalue weighted by Gasteiger charge is -2.28. The van der Waals surface area contributed by atoms with Crippen LogP contribution in [0, 0.1) is 5.41 Å². The molecule has 21 heavy (non-hydrogen) atoms. The number of rotatable bonds is 4. The maximum absolute atomic E-state index is 12.4. The van der Waals surface area contributed by atoms with E-state index in [2.05, 4.69) is 9.46 Å². The van der Waals surface area contributed by atoms with Gasteiger partial charge in [-0.15, -0.1) is 0 Å². The number of ether oxygens (including phenoxy) is 1. The summed E-state index contributed by atoms with van der Waals surface area (Å²) in [6, 6.07) is 2.90. The van der Waals surface area contributed by atoms with Gasteiger partial charge in [-0.1, -0.05) is 44.0 Å². The molecule has 0 aliphatic rings. The molecule has 0 saturated heterocycles. The van der Waals surface area contributed by atoms with Crippen molar-refractivity contribution in [2.24, 2.45) is 5.41 Å². The van der Waals surface area contributed by atoms with E-state index in [0.29, 0.717) is 0 Å². The maximum Gasteiger partial charge on any atom is 0.324 e. The number of hydrogen-bond donors (Lipinski definition) is 1. The van der Waals surface area contributed by atoms with Crippen molar-refractivity contribution in [3.63, 3.8) is 0 Å². The van der Waals surface area contributed by atoms with Gasteiger partial charge in [-0.05, 0) is 23.6 Å². The quantitative estimate of drug-likeness (QED) is 0.844. The molecule has 0 bridgehead atoms. The molecule has 0 fully saturated rings. The van der Waals surface area contributed by atoms with Gasteiger partial charge in [-0.3, -0.25) is 4.79 Å². The van der Waals surface area contributed by atoms with Crippen molar-refractivity contribution in [2.75, 3.05) is 7.11 Å². The Morgan fingerprint density at radius 2 is 1.67 bits per heavy atom. The molecule has 5 nitrogen and oxygen atoms in total. The van der Waals surface area contributed by atoms with E-state index in [1.54, 1.807) is 20.8 Å². The number of halogens is 2. The molecule has 1 aromatic rings. The molecule has 1 atom stereocenters. The smallest absolute Gasteiger partial charge is 0.324 e. The van der Waals surface area contributed by atoms with Crippen LogP contribution in [0.2, 0.25) is 10.0 Å². The van der Waals surface area contributed by atoms with Crippen LogP contribution in [0.3, 0.4) is 0 Å². The summed E-state index contributed by atoms with van der Waals surface area (Å²) >= 11 is 11.6. The van der Waals surface area contributed by atoms with Crippen LogP contribution in [0.1, 0.15) is 20.8 Å². The topological polar surface area (TPSA) is 72.5 Å². The highest BCUT2D eigenvalue weighted by molar-refractivity contribution is 7.89. The minimum Gasteiger partial charge on any atom is -0.468 e. The van der Waals surface area contributed by atoms with Gasteiger partial charge in [0.1, 0.15) is 6.04 Å². The van der Waals surface area contributed by atoms with Crippen molar-refractivity contribution in [1.29, 1.82) is 0 Å². The molecule has 1 unspecified atom stereocenters. The summed E-state index contributed by atoms with van der Waals surface area (Å²) in [6.07, 6.45) is 0. The lowest BCUT2D eigenvalue weighted by Crippen LogP contribution is -2.49. The summed E-state index contributed by atoms with van der Waals surface area (Å²) in [6.45, 7) is 5.17. The van der Waals surface area contributed by atoms with E-state index in [0.717, 1.165) is 0 Å². The molecular weight excluding hydrogens is 337 g/mol. The zero-order valence-electron chi connectivity index (χ0n) is 12.1. The van der Waals surface area contributed by atoms with Gasteiger partial charge in [-0.2, -0.15) is 4.72 Å². The third-order valence-corrected chi connectivity index (χ3v) is 4.56. The minimum atomic E-state index is -3.96. The molecule has 0 spiro atoms. The third kappa shape index (κ3) is 4.85. The van der Waals surface area contributed by atoms with Gasteiger partial charge < -0.3 is 4.74 Å². The van der Waals surface area contributed by atoms with E-state index >= 15 is 0 Å². The third-order valence-electron chi connectivity index (χ3n) is 2.72. The highest BCUT2D eigenvalue weighted by Gasteiger charge is 2.36. The van der Waals surface area contributed by atoms with Crippen LogP contribution in [0.4, 0.5) is 0 Å². The van der Waals surface area contributed by atoms with Crippen LogP contribution in [0.5, 0.6) is 0 Å². The first-order valence-corrected chi connectivity index (χ1v) is 8.27. The lowest BCUT2D eigenvalue weighted by atomic mass is 9.87. The van der Waals surface area contributed by atoms with E-state index in [9.17, 15) is 13.2 Å². The van der Waals surface area contributed by atoms with E-state index < -0.39 is 27.4 Å². The zero-order chi connectivity index (χ0) is 16.4. The normalized spacial score (nSPS) is 13.8. The molecule has 1 N–H and O–H groups in total. The zero-order valence-corrected chi connectivity index (χ0v) is 14.4. The number of methoxy groups -OCH3 is 1. The lowest BCUT2D eigenvalue weighted by molar-refractivity contribution is -0.145. The Labute approximate surface area is 134 Å². The van der Waals surface area contributed by atoms with Crippen LogP contribution in [0.25, 0.3) is 0 Å². The first-order valence-electron chi connectivity index (χ1n) is 6.03. The molecule has 1 aromatic carbocycles. The Hall–Kier alpha value is -0.820. The van der Waals surface area contributed by atoms with E-state index in [1.165, 1.54) is 25.3 Å². The molecular formula is C13H17Cl2NO4S. The largest absolute Gasteiger partial charge is 0.468 e. The number of carbonyl (C=O) groups excluding carboxylic acids is 1. The van der Waals surface area contributed by atoms with E-state index in [-0.39, 0.29) is 14.9 Å². The maximum atomic E-state index is 12.4. The second kappa shape index (κ2) is 6.52. The van der Waals surface area contributed by atoms with Crippen molar-refractivity contribution >= 4 is 39.2 Å². The highest BCUT2D eigenvalue weighted by atomic mass is 35.5. The van der Waals surface area contributed by atoms with Gasteiger partial charge in [0.2, 0.25) is 10.0 Å². The number of nitrogens with one attached hydrogen (secondary N) is 1. The average molecular weight is 354 g/mol. The predicted molar refractivity (Wildman–Crippen MR) is 82.0 cm³/mol. The second-order valence-corrected chi connectivity index (χ2v) is 8.14. The predicted octanol–water partition coefficient (Wildman–Crippen LogP) is 2.86. The average Bonchev–Trinajstić information content (AvgIpc) is 2.32. The van der Waals surface area contributed by atoms with Gasteiger partial charge in [-0.25, -0.2) is 8.42 Å². The summed E-state index contributed by atoms with van der Waals surface area (Å²) in [5, 5.41) is 0.376. The molecule has 0 saturated carbocycles. The first kappa shape index (κ1) is 18.2. The van der Waals surface area contributed by atoms with Crippen molar-refractivity contribution in [3.05, 3.63) is 28.2 Å². The molecule has 0 radical (unpaired) electrons. The van der Waals surface area contributed by atoms with Gasteiger partial charge in [0.25, 0.3) is 0 Å². The SMILES string of the molecule is COC(=O)C(NS(=O)(=O)c1cc(Cl)cc(Cl)c1)C(C)(C)C. The van der Waals surface area contributed by atoms with E-state index in [4.69, 9.17) is 23.2 Å². The van der Waals surface area contributed by atoms with E-state index in [1.807, 2.05) is 0 Å². The molecule has 0 amide bonds. The monoisotopic (exact) mass is 353 g/mol. The molecule has 0 heterocycles. The molecule has 0 aromatic heterocycles. The van der Waals surface area contributed by atoms with Crippen LogP contribution < -0.4 is 4.72 Å². The fourth-order valence-corrected chi connectivity index (χ4v) is 3.72. The summed E-state index contributed by atoms with van der Waals surface area (Å²) in [5.74, 6) is -0.667. The molecule has 118 valence electrons. The minimum absolute atomic E-state index is 0.113. The van der Waals surface area contributed by atoms with Crippen LogP contribution in [-0.4, -0.2) is 27.5 Å². The molecule has 0 aliphatic carbocycles. The van der Waals surface area contributed by atoms with Crippen molar-refractivity contribution in [1.82, 2.24) is 4.72 Å². The Morgan fingerprint density at radius 3 is 2.05 bits per heavy atom. The van der Waals surface area contributed by atoms with Crippen molar-refractivity contribution in [3.8, 4) is 0 Å². The summed E-state index contributed by atoms with van der Waals surface area (Å²) < 4.78 is 31.7. The number of esters is 1. The van der Waals surface area contributed by atoms with Crippen molar-refractivity contribution in [2.45, 2.75) is 31.7 Å². The van der Waals surface area contributed by atoms with Crippen LogP contribution >= 0.6 is 23.2 Å². The first-order chi connectivity index (χ1) is 9.47. The standard InChI is InChI=1S/C13H17Cl2NO4S/c1-13(2,3)11(12(17)20-4)16-21(18,19)10-6-8(14)5-9(15)7-10/h5-7,11,16H,1-4H3. The van der Waals surface area contributed by atoms with Crippen molar-refractivity contribution < 1.29 is 17.9 Å². The summed E-state index contributed by atoms with van der Waals surface area (Å²) in [5.41, 5.74) is -0.664. The molecule has 0 aliphatic heterocycles. The number of hydrogen-bond acceptors (Lipinski definition) is 4. The Balaban J connectivity index is 3.21. The Morgan fingerprint density at radius 1 is 1.19 bits per heavy atom. The highest BCUT2D eigenvalue weighted by Crippen LogP contribution is 2.25. The number of carbonyl (C=O) groups is 1. The Bertz CT molecular complexity index is 618. The fourth-order valence-electron chi connectivity index (χ4n) is 1.60. The van der Waals surface area contributed by atoms with Gasteiger partial charge in [0.05, 0.1) is 12.0 Å².